The molecular weight excluding hydrogens is 456 g/mol. The Labute approximate surface area is 212 Å². The molecule has 6 heteroatoms. The third-order valence-electron chi connectivity index (χ3n) is 6.00. The Kier molecular flexibility index (Phi) is 9.96. The van der Waals surface area contributed by atoms with Gasteiger partial charge in [0, 0.05) is 7.11 Å². The van der Waals surface area contributed by atoms with Crippen LogP contribution in [-0.4, -0.2) is 44.1 Å². The molecule has 36 heavy (non-hydrogen) atoms. The van der Waals surface area contributed by atoms with Crippen LogP contribution < -0.4 is 0 Å². The lowest BCUT2D eigenvalue weighted by Gasteiger charge is -2.44. The fraction of sp³-hybridized carbons (Fsp3) is 0.300. The lowest BCUT2D eigenvalue weighted by molar-refractivity contribution is -0.309. The largest absolute Gasteiger partial charge is 0.368 e. The minimum absolute atomic E-state index is 0.356. The highest BCUT2D eigenvalue weighted by Crippen LogP contribution is 2.31. The number of allylic oxidation sites excluding steroid dienone is 1. The van der Waals surface area contributed by atoms with Gasteiger partial charge in [0.25, 0.3) is 0 Å². The highest BCUT2D eigenvalue weighted by atomic mass is 16.7. The number of methoxy groups -OCH3 is 1. The lowest BCUT2D eigenvalue weighted by Crippen LogP contribution is -2.60. The molecule has 5 atom stereocenters. The number of rotatable bonds is 12. The SMILES string of the molecule is CO[C@H]1O[C@H](/C=C/C=O)[C@@H](OCc2ccccc2)[C@H](OCc2ccccc2)[C@H]1OCc1ccccc1. The van der Waals surface area contributed by atoms with E-state index in [1.54, 1.807) is 13.2 Å². The van der Waals surface area contributed by atoms with Gasteiger partial charge in [-0.25, -0.2) is 0 Å². The molecule has 188 valence electrons. The van der Waals surface area contributed by atoms with Crippen LogP contribution >= 0.6 is 0 Å². The Bertz CT molecular complexity index is 1060. The molecular formula is C30H32O6. The first-order valence-corrected chi connectivity index (χ1v) is 12.1. The molecule has 0 aliphatic carbocycles. The average Bonchev–Trinajstić information content (AvgIpc) is 2.94. The highest BCUT2D eigenvalue weighted by molar-refractivity contribution is 5.64. The van der Waals surface area contributed by atoms with Gasteiger partial charge in [-0.2, -0.15) is 0 Å². The molecule has 6 nitrogen and oxygen atoms in total. The van der Waals surface area contributed by atoms with Crippen LogP contribution in [0.5, 0.6) is 0 Å². The van der Waals surface area contributed by atoms with Gasteiger partial charge in [-0.1, -0.05) is 91.0 Å². The predicted octanol–water partition coefficient (Wildman–Crippen LogP) is 4.87. The molecule has 1 heterocycles. The molecule has 0 unspecified atom stereocenters. The molecule has 0 bridgehead atoms. The van der Waals surface area contributed by atoms with Crippen LogP contribution in [0.25, 0.3) is 0 Å². The molecule has 0 N–H and O–H groups in total. The molecule has 1 fully saturated rings. The van der Waals surface area contributed by atoms with E-state index in [2.05, 4.69) is 0 Å². The number of aldehydes is 1. The van der Waals surface area contributed by atoms with Crippen molar-refractivity contribution in [2.45, 2.75) is 50.5 Å². The maximum absolute atomic E-state index is 11.1. The van der Waals surface area contributed by atoms with Crippen LogP contribution in [0.4, 0.5) is 0 Å². The highest BCUT2D eigenvalue weighted by Gasteiger charge is 2.47. The summed E-state index contributed by atoms with van der Waals surface area (Å²) >= 11 is 0. The molecule has 0 amide bonds. The van der Waals surface area contributed by atoms with Crippen LogP contribution in [-0.2, 0) is 48.3 Å². The van der Waals surface area contributed by atoms with E-state index in [0.717, 1.165) is 23.0 Å². The molecule has 4 rings (SSSR count). The number of ether oxygens (including phenoxy) is 5. The first kappa shape index (κ1) is 25.9. The maximum atomic E-state index is 11.1. The molecule has 1 aliphatic rings. The minimum Gasteiger partial charge on any atom is -0.368 e. The van der Waals surface area contributed by atoms with Crippen LogP contribution in [0.15, 0.2) is 103 Å². The minimum atomic E-state index is -0.715. The summed E-state index contributed by atoms with van der Waals surface area (Å²) in [5.74, 6) is 0. The van der Waals surface area contributed by atoms with E-state index in [1.807, 2.05) is 91.0 Å². The Hall–Kier alpha value is -3.13. The molecule has 0 spiro atoms. The normalized spacial score (nSPS) is 24.1. The van der Waals surface area contributed by atoms with E-state index in [9.17, 15) is 4.79 Å². The van der Waals surface area contributed by atoms with Crippen molar-refractivity contribution in [3.8, 4) is 0 Å². The molecule has 3 aromatic carbocycles. The van der Waals surface area contributed by atoms with E-state index in [0.29, 0.717) is 19.8 Å². The fourth-order valence-corrected chi connectivity index (χ4v) is 4.19. The van der Waals surface area contributed by atoms with E-state index < -0.39 is 30.7 Å². The van der Waals surface area contributed by atoms with E-state index in [1.165, 1.54) is 6.08 Å². The van der Waals surface area contributed by atoms with Crippen molar-refractivity contribution < 1.29 is 28.5 Å². The predicted molar refractivity (Wildman–Crippen MR) is 136 cm³/mol. The second-order valence-corrected chi connectivity index (χ2v) is 8.51. The number of carbonyl (C=O) groups is 1. The van der Waals surface area contributed by atoms with Crippen molar-refractivity contribution in [1.29, 1.82) is 0 Å². The molecule has 0 radical (unpaired) electrons. The summed E-state index contributed by atoms with van der Waals surface area (Å²) < 4.78 is 31.2. The number of hydrogen-bond acceptors (Lipinski definition) is 6. The molecule has 1 saturated heterocycles. The summed E-state index contributed by atoms with van der Waals surface area (Å²) in [6.45, 7) is 1.08. The summed E-state index contributed by atoms with van der Waals surface area (Å²) in [6.07, 6.45) is 0.887. The van der Waals surface area contributed by atoms with Crippen molar-refractivity contribution >= 4 is 6.29 Å². The maximum Gasteiger partial charge on any atom is 0.186 e. The van der Waals surface area contributed by atoms with Crippen LogP contribution in [0, 0.1) is 0 Å². The Morgan fingerprint density at radius 1 is 0.667 bits per heavy atom. The standard InChI is InChI=1S/C30H32O6/c1-32-30-29(35-22-25-16-9-4-10-17-25)28(34-21-24-14-7-3-8-15-24)27(26(36-30)18-11-19-31)33-20-23-12-5-2-6-13-23/h2-19,26-30H,20-22H2,1H3/b18-11+/t26-,27-,28+,29-,30+/m1/s1. The van der Waals surface area contributed by atoms with Crippen LogP contribution in [0.2, 0.25) is 0 Å². The summed E-state index contributed by atoms with van der Waals surface area (Å²) in [7, 11) is 1.57. The smallest absolute Gasteiger partial charge is 0.186 e. The third kappa shape index (κ3) is 7.20. The number of benzene rings is 3. The molecule has 0 aromatic heterocycles. The van der Waals surface area contributed by atoms with Crippen molar-refractivity contribution in [2.24, 2.45) is 0 Å². The second-order valence-electron chi connectivity index (χ2n) is 8.51. The first-order chi connectivity index (χ1) is 17.8. The zero-order chi connectivity index (χ0) is 25.0. The van der Waals surface area contributed by atoms with Crippen LogP contribution in [0.1, 0.15) is 16.7 Å². The van der Waals surface area contributed by atoms with Crippen molar-refractivity contribution in [2.75, 3.05) is 7.11 Å². The summed E-state index contributed by atoms with van der Waals surface area (Å²) in [5, 5.41) is 0. The van der Waals surface area contributed by atoms with E-state index in [-0.39, 0.29) is 0 Å². The zero-order valence-electron chi connectivity index (χ0n) is 20.3. The Morgan fingerprint density at radius 2 is 1.11 bits per heavy atom. The van der Waals surface area contributed by atoms with Crippen molar-refractivity contribution in [3.63, 3.8) is 0 Å². The van der Waals surface area contributed by atoms with E-state index >= 15 is 0 Å². The van der Waals surface area contributed by atoms with Gasteiger partial charge in [-0.05, 0) is 28.8 Å². The Morgan fingerprint density at radius 3 is 1.56 bits per heavy atom. The van der Waals surface area contributed by atoms with E-state index in [4.69, 9.17) is 23.7 Å². The lowest BCUT2D eigenvalue weighted by atomic mass is 9.97. The van der Waals surface area contributed by atoms with Gasteiger partial charge in [0.2, 0.25) is 0 Å². The second kappa shape index (κ2) is 13.8. The summed E-state index contributed by atoms with van der Waals surface area (Å²) in [4.78, 5) is 11.1. The Balaban J connectivity index is 1.61. The van der Waals surface area contributed by atoms with Gasteiger partial charge in [-0.15, -0.1) is 0 Å². The summed E-state index contributed by atoms with van der Waals surface area (Å²) in [6, 6.07) is 29.8. The van der Waals surface area contributed by atoms with Crippen LogP contribution in [0.3, 0.4) is 0 Å². The van der Waals surface area contributed by atoms with Gasteiger partial charge in [-0.3, -0.25) is 4.79 Å². The molecule has 0 saturated carbocycles. The molecule has 1 aliphatic heterocycles. The van der Waals surface area contributed by atoms with Gasteiger partial charge in [0.05, 0.1) is 19.8 Å². The first-order valence-electron chi connectivity index (χ1n) is 12.1. The van der Waals surface area contributed by atoms with Gasteiger partial charge in [0.15, 0.2) is 6.29 Å². The topological polar surface area (TPSA) is 63.2 Å². The van der Waals surface area contributed by atoms with Gasteiger partial charge >= 0.3 is 0 Å². The quantitative estimate of drug-likeness (QED) is 0.268. The number of carbonyl (C=O) groups excluding carboxylic acids is 1. The monoisotopic (exact) mass is 488 g/mol. The number of hydrogen-bond donors (Lipinski definition) is 0. The van der Waals surface area contributed by atoms with Crippen molar-refractivity contribution in [3.05, 3.63) is 120 Å². The third-order valence-corrected chi connectivity index (χ3v) is 6.00. The molecule has 3 aromatic rings. The average molecular weight is 489 g/mol. The summed E-state index contributed by atoms with van der Waals surface area (Å²) in [5.41, 5.74) is 3.08. The zero-order valence-corrected chi connectivity index (χ0v) is 20.3. The van der Waals surface area contributed by atoms with Gasteiger partial charge in [0.1, 0.15) is 30.7 Å². The van der Waals surface area contributed by atoms with Crippen molar-refractivity contribution in [1.82, 2.24) is 0 Å². The fourth-order valence-electron chi connectivity index (χ4n) is 4.19. The van der Waals surface area contributed by atoms with Gasteiger partial charge < -0.3 is 23.7 Å².